The Morgan fingerprint density at radius 3 is 2.21 bits per heavy atom. The molecule has 0 atom stereocenters. The van der Waals surface area contributed by atoms with E-state index in [1.165, 1.54) is 0 Å². The smallest absolute Gasteiger partial charge is 0.169 e. The van der Waals surface area contributed by atoms with E-state index >= 15 is 0 Å². The zero-order valence-corrected chi connectivity index (χ0v) is 13.0. The highest BCUT2D eigenvalue weighted by molar-refractivity contribution is 5.71. The molecule has 24 heavy (non-hydrogen) atoms. The minimum absolute atomic E-state index is 0.304. The highest BCUT2D eigenvalue weighted by Crippen LogP contribution is 2.18. The van der Waals surface area contributed by atoms with E-state index in [4.69, 9.17) is 10.1 Å². The van der Waals surface area contributed by atoms with Gasteiger partial charge in [0.05, 0.1) is 7.11 Å². The first-order chi connectivity index (χ1) is 11.8. The number of para-hydroxylation sites is 1. The average molecular weight is 317 g/mol. The maximum Gasteiger partial charge on any atom is 0.169 e. The summed E-state index contributed by atoms with van der Waals surface area (Å²) in [7, 11) is 1.64. The minimum atomic E-state index is 0.304. The van der Waals surface area contributed by atoms with Gasteiger partial charge in [0.15, 0.2) is 16.7 Å². The number of benzene rings is 2. The number of nitrogens with one attached hydrogen (secondary N) is 1. The van der Waals surface area contributed by atoms with Crippen LogP contribution in [0.5, 0.6) is 5.75 Å². The molecule has 6 nitrogen and oxygen atoms in total. The lowest BCUT2D eigenvalue weighted by Crippen LogP contribution is -2.19. The third kappa shape index (κ3) is 2.25. The Morgan fingerprint density at radius 1 is 0.833 bits per heavy atom. The zero-order valence-electron chi connectivity index (χ0n) is 13.0. The van der Waals surface area contributed by atoms with Crippen molar-refractivity contribution in [2.75, 3.05) is 7.11 Å². The largest absolute Gasteiger partial charge is 0.497 e. The fraction of sp³-hybridized carbons (Fsp3) is 0.0556. The molecule has 4 aromatic rings. The molecule has 0 spiro atoms. The molecule has 0 saturated carbocycles. The summed E-state index contributed by atoms with van der Waals surface area (Å²) in [4.78, 5) is 8.89. The van der Waals surface area contributed by atoms with Crippen LogP contribution in [-0.4, -0.2) is 26.2 Å². The van der Waals surface area contributed by atoms with Crippen LogP contribution in [0.1, 0.15) is 0 Å². The molecule has 118 valence electrons. The van der Waals surface area contributed by atoms with Crippen molar-refractivity contribution in [1.82, 2.24) is 19.1 Å². The second kappa shape index (κ2) is 5.66. The van der Waals surface area contributed by atoms with Gasteiger partial charge >= 0.3 is 0 Å². The Morgan fingerprint density at radius 2 is 1.50 bits per heavy atom. The van der Waals surface area contributed by atoms with Crippen LogP contribution in [0, 0.1) is 5.41 Å². The van der Waals surface area contributed by atoms with Crippen molar-refractivity contribution in [3.8, 4) is 17.1 Å². The van der Waals surface area contributed by atoms with Gasteiger partial charge in [0, 0.05) is 11.4 Å². The van der Waals surface area contributed by atoms with Crippen LogP contribution in [-0.2, 0) is 0 Å². The van der Waals surface area contributed by atoms with Crippen LogP contribution in [0.4, 0.5) is 0 Å². The van der Waals surface area contributed by atoms with Crippen LogP contribution in [0.3, 0.4) is 0 Å². The number of aromatic nitrogens is 4. The fourth-order valence-corrected chi connectivity index (χ4v) is 2.63. The van der Waals surface area contributed by atoms with Crippen molar-refractivity contribution < 1.29 is 4.74 Å². The average Bonchev–Trinajstić information content (AvgIpc) is 3.08. The third-order valence-corrected chi connectivity index (χ3v) is 3.89. The lowest BCUT2D eigenvalue weighted by molar-refractivity contribution is 0.415. The molecule has 0 unspecified atom stereocenters. The standard InChI is InChI=1S/C18H15N5O/c1-24-15-9-7-14(8-10-15)23-11-20-16-17(19)22(12-21-18(16)23)13-5-3-2-4-6-13/h2-12,19H,1H3. The second-order valence-electron chi connectivity index (χ2n) is 5.28. The van der Waals surface area contributed by atoms with Gasteiger partial charge in [-0.25, -0.2) is 9.97 Å². The van der Waals surface area contributed by atoms with Crippen LogP contribution < -0.4 is 10.2 Å². The molecule has 0 aliphatic rings. The van der Waals surface area contributed by atoms with Gasteiger partial charge in [-0.1, -0.05) is 18.2 Å². The number of ether oxygens (including phenoxy) is 1. The number of nitrogens with zero attached hydrogens (tertiary/aromatic N) is 4. The topological polar surface area (TPSA) is 68.7 Å². The lowest BCUT2D eigenvalue weighted by Gasteiger charge is -2.08. The lowest BCUT2D eigenvalue weighted by atomic mass is 10.3. The Kier molecular flexibility index (Phi) is 3.35. The molecule has 0 saturated heterocycles. The molecule has 2 heterocycles. The van der Waals surface area contributed by atoms with Gasteiger partial charge in [-0.2, -0.15) is 0 Å². The summed E-state index contributed by atoms with van der Waals surface area (Å²) < 4.78 is 8.76. The van der Waals surface area contributed by atoms with Crippen molar-refractivity contribution in [2.24, 2.45) is 0 Å². The quantitative estimate of drug-likeness (QED) is 0.631. The van der Waals surface area contributed by atoms with Crippen molar-refractivity contribution in [3.63, 3.8) is 0 Å². The number of fused-ring (bicyclic) bond motifs is 1. The van der Waals surface area contributed by atoms with Crippen molar-refractivity contribution in [2.45, 2.75) is 0 Å². The van der Waals surface area contributed by atoms with Gasteiger partial charge in [0.1, 0.15) is 18.4 Å². The van der Waals surface area contributed by atoms with E-state index in [2.05, 4.69) is 9.97 Å². The van der Waals surface area contributed by atoms with Gasteiger partial charge < -0.3 is 4.74 Å². The summed E-state index contributed by atoms with van der Waals surface area (Å²) in [5.74, 6) is 0.791. The zero-order chi connectivity index (χ0) is 16.5. The molecule has 0 radical (unpaired) electrons. The molecule has 1 N–H and O–H groups in total. The molecule has 0 bridgehead atoms. The Labute approximate surface area is 138 Å². The highest BCUT2D eigenvalue weighted by atomic mass is 16.5. The molecule has 2 aromatic carbocycles. The molecule has 0 amide bonds. The predicted molar refractivity (Wildman–Crippen MR) is 90.6 cm³/mol. The van der Waals surface area contributed by atoms with E-state index in [0.29, 0.717) is 16.7 Å². The van der Waals surface area contributed by atoms with Crippen molar-refractivity contribution >= 4 is 11.2 Å². The van der Waals surface area contributed by atoms with E-state index < -0.39 is 0 Å². The normalized spacial score (nSPS) is 10.9. The van der Waals surface area contributed by atoms with E-state index in [1.54, 1.807) is 24.3 Å². The van der Waals surface area contributed by atoms with Gasteiger partial charge in [0.25, 0.3) is 0 Å². The first-order valence-electron chi connectivity index (χ1n) is 7.47. The van der Waals surface area contributed by atoms with Crippen LogP contribution in [0.25, 0.3) is 22.5 Å². The molecule has 0 fully saturated rings. The van der Waals surface area contributed by atoms with Crippen molar-refractivity contribution in [3.05, 3.63) is 72.7 Å². The van der Waals surface area contributed by atoms with Gasteiger partial charge in [-0.05, 0) is 36.4 Å². The molecule has 0 aliphatic carbocycles. The summed E-state index contributed by atoms with van der Waals surface area (Å²) >= 11 is 0. The van der Waals surface area contributed by atoms with E-state index in [-0.39, 0.29) is 0 Å². The Hall–Kier alpha value is -3.41. The van der Waals surface area contributed by atoms with Crippen LogP contribution >= 0.6 is 0 Å². The molecular formula is C18H15N5O. The first kappa shape index (κ1) is 14.2. The molecular weight excluding hydrogens is 302 g/mol. The number of hydrogen-bond acceptors (Lipinski definition) is 4. The van der Waals surface area contributed by atoms with E-state index in [1.807, 2.05) is 59.2 Å². The van der Waals surface area contributed by atoms with E-state index in [9.17, 15) is 0 Å². The minimum Gasteiger partial charge on any atom is -0.497 e. The Balaban J connectivity index is 1.86. The number of methoxy groups -OCH3 is 1. The van der Waals surface area contributed by atoms with Crippen LogP contribution in [0.2, 0.25) is 0 Å². The number of imidazole rings is 1. The first-order valence-corrected chi connectivity index (χ1v) is 7.47. The summed E-state index contributed by atoms with van der Waals surface area (Å²) in [6.45, 7) is 0. The summed E-state index contributed by atoms with van der Waals surface area (Å²) in [5.41, 5.74) is 3.31. The molecule has 2 aromatic heterocycles. The number of hydrogen-bond donors (Lipinski definition) is 1. The van der Waals surface area contributed by atoms with Gasteiger partial charge in [0.2, 0.25) is 0 Å². The van der Waals surface area contributed by atoms with Crippen LogP contribution in [0.15, 0.2) is 67.3 Å². The molecule has 0 aliphatic heterocycles. The predicted octanol–water partition coefficient (Wildman–Crippen LogP) is 2.70. The van der Waals surface area contributed by atoms with E-state index in [0.717, 1.165) is 17.1 Å². The summed E-state index contributed by atoms with van der Waals surface area (Å²) in [5, 5.41) is 8.44. The maximum atomic E-state index is 8.44. The monoisotopic (exact) mass is 317 g/mol. The maximum absolute atomic E-state index is 8.44. The Bertz CT molecular complexity index is 1050. The number of rotatable bonds is 3. The second-order valence-corrected chi connectivity index (χ2v) is 5.28. The summed E-state index contributed by atoms with van der Waals surface area (Å²) in [6, 6.07) is 17.3. The third-order valence-electron chi connectivity index (χ3n) is 3.89. The highest BCUT2D eigenvalue weighted by Gasteiger charge is 2.10. The molecule has 6 heteroatoms. The molecule has 4 rings (SSSR count). The fourth-order valence-electron chi connectivity index (χ4n) is 2.63. The van der Waals surface area contributed by atoms with Crippen molar-refractivity contribution in [1.29, 1.82) is 5.41 Å². The van der Waals surface area contributed by atoms with Gasteiger partial charge in [-0.3, -0.25) is 14.5 Å². The summed E-state index contributed by atoms with van der Waals surface area (Å²) in [6.07, 6.45) is 3.34. The van der Waals surface area contributed by atoms with Gasteiger partial charge in [-0.15, -0.1) is 0 Å². The SMILES string of the molecule is COc1ccc(-n2cnc3c(=N)n(-c4ccccc4)cnc32)cc1.